The lowest BCUT2D eigenvalue weighted by Crippen LogP contribution is -2.36. The van der Waals surface area contributed by atoms with Crippen molar-refractivity contribution in [3.8, 4) is 0 Å². The predicted molar refractivity (Wildman–Crippen MR) is 61.4 cm³/mol. The summed E-state index contributed by atoms with van der Waals surface area (Å²) in [5.74, 6) is 0. The van der Waals surface area contributed by atoms with Crippen molar-refractivity contribution in [2.45, 2.75) is 25.6 Å². The van der Waals surface area contributed by atoms with Gasteiger partial charge in [0.1, 0.15) is 0 Å². The minimum atomic E-state index is -4.14. The Balaban J connectivity index is 2.39. The van der Waals surface area contributed by atoms with Gasteiger partial charge in [-0.15, -0.1) is 0 Å². The molecule has 1 nitrogen and oxygen atoms in total. The molecule has 16 heavy (non-hydrogen) atoms. The Bertz CT molecular complexity index is 321. The van der Waals surface area contributed by atoms with Crippen molar-refractivity contribution in [2.24, 2.45) is 0 Å². The molecule has 90 valence electrons. The normalized spacial score (nSPS) is 13.8. The summed E-state index contributed by atoms with van der Waals surface area (Å²) in [7, 11) is 0. The number of alkyl halides is 3. The molecule has 0 radical (unpaired) electrons. The second kappa shape index (κ2) is 5.68. The molecule has 0 amide bonds. The number of hydrogen-bond donors (Lipinski definition) is 1. The van der Waals surface area contributed by atoms with E-state index < -0.39 is 12.7 Å². The van der Waals surface area contributed by atoms with Crippen LogP contribution in [0.25, 0.3) is 0 Å². The summed E-state index contributed by atoms with van der Waals surface area (Å²) >= 11 is 3.30. The average Bonchev–Trinajstić information content (AvgIpc) is 2.18. The lowest BCUT2D eigenvalue weighted by molar-refractivity contribution is -0.126. The molecule has 1 N–H and O–H groups in total. The van der Waals surface area contributed by atoms with E-state index in [1.165, 1.54) is 0 Å². The molecule has 0 fully saturated rings. The highest BCUT2D eigenvalue weighted by molar-refractivity contribution is 9.10. The van der Waals surface area contributed by atoms with E-state index in [4.69, 9.17) is 0 Å². The second-order valence-corrected chi connectivity index (χ2v) is 4.64. The maximum Gasteiger partial charge on any atom is 0.401 e. The van der Waals surface area contributed by atoms with Crippen molar-refractivity contribution in [3.05, 3.63) is 34.3 Å². The van der Waals surface area contributed by atoms with Gasteiger partial charge >= 0.3 is 6.18 Å². The molecule has 1 aromatic rings. The molecule has 0 saturated carbocycles. The van der Waals surface area contributed by atoms with Crippen molar-refractivity contribution in [2.75, 3.05) is 6.54 Å². The fourth-order valence-electron chi connectivity index (χ4n) is 1.34. The largest absolute Gasteiger partial charge is 0.401 e. The lowest BCUT2D eigenvalue weighted by Gasteiger charge is -2.15. The molecule has 5 heteroatoms. The smallest absolute Gasteiger partial charge is 0.306 e. The fourth-order valence-corrected chi connectivity index (χ4v) is 1.60. The number of rotatable bonds is 4. The fraction of sp³-hybridized carbons (Fsp3) is 0.455. The number of benzene rings is 1. The summed E-state index contributed by atoms with van der Waals surface area (Å²) in [6.07, 6.45) is -3.56. The molecule has 0 aliphatic carbocycles. The van der Waals surface area contributed by atoms with Crippen LogP contribution in [0.2, 0.25) is 0 Å². The third-order valence-electron chi connectivity index (χ3n) is 2.11. The predicted octanol–water partition coefficient (Wildman–Crippen LogP) is 3.53. The number of hydrogen-bond acceptors (Lipinski definition) is 1. The third kappa shape index (κ3) is 5.51. The van der Waals surface area contributed by atoms with Crippen LogP contribution < -0.4 is 5.32 Å². The molecule has 0 saturated heterocycles. The van der Waals surface area contributed by atoms with Crippen molar-refractivity contribution in [1.82, 2.24) is 5.32 Å². The Morgan fingerprint density at radius 2 is 1.81 bits per heavy atom. The van der Waals surface area contributed by atoms with E-state index in [2.05, 4.69) is 21.2 Å². The van der Waals surface area contributed by atoms with Crippen LogP contribution in [0.1, 0.15) is 12.5 Å². The number of nitrogens with one attached hydrogen (secondary N) is 1. The summed E-state index contributed by atoms with van der Waals surface area (Å²) in [4.78, 5) is 0. The zero-order chi connectivity index (χ0) is 12.2. The van der Waals surface area contributed by atoms with E-state index in [-0.39, 0.29) is 6.04 Å². The van der Waals surface area contributed by atoms with Gasteiger partial charge in [0, 0.05) is 10.5 Å². The van der Waals surface area contributed by atoms with Gasteiger partial charge in [-0.05, 0) is 31.0 Å². The Morgan fingerprint density at radius 1 is 1.25 bits per heavy atom. The minimum Gasteiger partial charge on any atom is -0.306 e. The zero-order valence-electron chi connectivity index (χ0n) is 8.81. The summed E-state index contributed by atoms with van der Waals surface area (Å²) < 4.78 is 36.8. The van der Waals surface area contributed by atoms with E-state index in [1.807, 2.05) is 24.3 Å². The van der Waals surface area contributed by atoms with Gasteiger partial charge in [0.2, 0.25) is 0 Å². The average molecular weight is 296 g/mol. The van der Waals surface area contributed by atoms with Crippen LogP contribution in [0.4, 0.5) is 13.2 Å². The van der Waals surface area contributed by atoms with Gasteiger partial charge in [-0.1, -0.05) is 28.1 Å². The van der Waals surface area contributed by atoms with Crippen LogP contribution in [-0.2, 0) is 6.42 Å². The first kappa shape index (κ1) is 13.5. The van der Waals surface area contributed by atoms with Crippen molar-refractivity contribution in [1.29, 1.82) is 0 Å². The van der Waals surface area contributed by atoms with Gasteiger partial charge in [-0.3, -0.25) is 0 Å². The van der Waals surface area contributed by atoms with Crippen LogP contribution >= 0.6 is 15.9 Å². The maximum atomic E-state index is 11.9. The standard InChI is InChI=1S/C11H13BrF3N/c1-8(16-7-11(13,14)15)6-9-2-4-10(12)5-3-9/h2-5,8,16H,6-7H2,1H3. The van der Waals surface area contributed by atoms with Crippen LogP contribution in [0.15, 0.2) is 28.7 Å². The van der Waals surface area contributed by atoms with E-state index in [9.17, 15) is 13.2 Å². The van der Waals surface area contributed by atoms with Gasteiger partial charge in [-0.2, -0.15) is 13.2 Å². The molecular weight excluding hydrogens is 283 g/mol. The van der Waals surface area contributed by atoms with Crippen LogP contribution in [-0.4, -0.2) is 18.8 Å². The molecule has 0 aliphatic heterocycles. The van der Waals surface area contributed by atoms with Crippen molar-refractivity contribution < 1.29 is 13.2 Å². The van der Waals surface area contributed by atoms with Gasteiger partial charge in [0.15, 0.2) is 0 Å². The molecular formula is C11H13BrF3N. The molecule has 0 spiro atoms. The summed E-state index contributed by atoms with van der Waals surface area (Å²) in [5, 5.41) is 2.45. The van der Waals surface area contributed by atoms with Crippen molar-refractivity contribution in [3.63, 3.8) is 0 Å². The number of halogens is 4. The van der Waals surface area contributed by atoms with Gasteiger partial charge in [0.05, 0.1) is 6.54 Å². The van der Waals surface area contributed by atoms with Gasteiger partial charge in [-0.25, -0.2) is 0 Å². The van der Waals surface area contributed by atoms with Crippen LogP contribution in [0.5, 0.6) is 0 Å². The van der Waals surface area contributed by atoms with Crippen LogP contribution in [0.3, 0.4) is 0 Å². The van der Waals surface area contributed by atoms with E-state index in [0.717, 1.165) is 10.0 Å². The molecule has 1 atom stereocenters. The first-order chi connectivity index (χ1) is 7.37. The Morgan fingerprint density at radius 3 is 2.31 bits per heavy atom. The Labute approximate surface area is 101 Å². The quantitative estimate of drug-likeness (QED) is 0.896. The lowest BCUT2D eigenvalue weighted by atomic mass is 10.1. The molecule has 1 unspecified atom stereocenters. The summed E-state index contributed by atoms with van der Waals surface area (Å²) in [5.41, 5.74) is 1.02. The summed E-state index contributed by atoms with van der Waals surface area (Å²) in [6.45, 7) is 0.804. The molecule has 1 aromatic carbocycles. The zero-order valence-corrected chi connectivity index (χ0v) is 10.4. The Hall–Kier alpha value is -0.550. The highest BCUT2D eigenvalue weighted by atomic mass is 79.9. The SMILES string of the molecule is CC(Cc1ccc(Br)cc1)NCC(F)(F)F. The van der Waals surface area contributed by atoms with Gasteiger partial charge < -0.3 is 5.32 Å². The topological polar surface area (TPSA) is 12.0 Å². The van der Waals surface area contributed by atoms with E-state index in [0.29, 0.717) is 6.42 Å². The first-order valence-electron chi connectivity index (χ1n) is 4.91. The third-order valence-corrected chi connectivity index (χ3v) is 2.63. The monoisotopic (exact) mass is 295 g/mol. The Kier molecular flexibility index (Phi) is 4.80. The molecule has 0 heterocycles. The highest BCUT2D eigenvalue weighted by Gasteiger charge is 2.27. The van der Waals surface area contributed by atoms with Crippen molar-refractivity contribution >= 4 is 15.9 Å². The second-order valence-electron chi connectivity index (χ2n) is 3.73. The molecule has 0 aliphatic rings. The minimum absolute atomic E-state index is 0.192. The van der Waals surface area contributed by atoms with E-state index >= 15 is 0 Å². The molecule has 0 aromatic heterocycles. The van der Waals surface area contributed by atoms with Gasteiger partial charge in [0.25, 0.3) is 0 Å². The highest BCUT2D eigenvalue weighted by Crippen LogP contribution is 2.14. The van der Waals surface area contributed by atoms with E-state index in [1.54, 1.807) is 6.92 Å². The molecule has 1 rings (SSSR count). The van der Waals surface area contributed by atoms with Crippen LogP contribution in [0, 0.1) is 0 Å². The first-order valence-corrected chi connectivity index (χ1v) is 5.71. The molecule has 0 bridgehead atoms. The maximum absolute atomic E-state index is 11.9. The summed E-state index contributed by atoms with van der Waals surface area (Å²) in [6, 6.07) is 7.37.